The van der Waals surface area contributed by atoms with Gasteiger partial charge in [-0.15, -0.1) is 0 Å². The highest BCUT2D eigenvalue weighted by Crippen LogP contribution is 2.12. The van der Waals surface area contributed by atoms with Crippen LogP contribution in [0, 0.1) is 5.82 Å². The maximum atomic E-state index is 13.4. The smallest absolute Gasteiger partial charge is 0.126 e. The zero-order valence-corrected chi connectivity index (χ0v) is 10.1. The summed E-state index contributed by atoms with van der Waals surface area (Å²) >= 11 is 0. The lowest BCUT2D eigenvalue weighted by atomic mass is 10.0. The topological polar surface area (TPSA) is 33.1 Å². The number of halogens is 1. The molecule has 2 rings (SSSR count). The van der Waals surface area contributed by atoms with Gasteiger partial charge in [0.1, 0.15) is 5.82 Å². The maximum absolute atomic E-state index is 13.4. The van der Waals surface area contributed by atoms with Gasteiger partial charge in [0.05, 0.1) is 6.10 Å². The van der Waals surface area contributed by atoms with Crippen LogP contribution in [0.5, 0.6) is 0 Å². The van der Waals surface area contributed by atoms with E-state index in [2.05, 4.69) is 4.98 Å². The minimum Gasteiger partial charge on any atom is -0.393 e. The van der Waals surface area contributed by atoms with Crippen molar-refractivity contribution >= 4 is 0 Å². The molecular weight excluding hydrogens is 229 g/mol. The van der Waals surface area contributed by atoms with E-state index in [9.17, 15) is 9.50 Å². The van der Waals surface area contributed by atoms with Crippen molar-refractivity contribution in [2.45, 2.75) is 25.4 Å². The van der Waals surface area contributed by atoms with E-state index in [0.717, 1.165) is 5.69 Å². The number of rotatable bonds is 5. The third-order valence-corrected chi connectivity index (χ3v) is 2.88. The second-order valence-electron chi connectivity index (χ2n) is 4.31. The monoisotopic (exact) mass is 245 g/mol. The van der Waals surface area contributed by atoms with Gasteiger partial charge < -0.3 is 5.11 Å². The average molecular weight is 245 g/mol. The summed E-state index contributed by atoms with van der Waals surface area (Å²) in [5.41, 5.74) is 1.51. The highest BCUT2D eigenvalue weighted by Gasteiger charge is 2.08. The van der Waals surface area contributed by atoms with Crippen molar-refractivity contribution in [3.63, 3.8) is 0 Å². The third kappa shape index (κ3) is 3.64. The molecular formula is C15H16FNO. The fourth-order valence-electron chi connectivity index (χ4n) is 1.89. The van der Waals surface area contributed by atoms with E-state index in [1.807, 2.05) is 24.3 Å². The highest BCUT2D eigenvalue weighted by atomic mass is 19.1. The van der Waals surface area contributed by atoms with Gasteiger partial charge in [-0.1, -0.05) is 24.3 Å². The van der Waals surface area contributed by atoms with Crippen LogP contribution in [-0.4, -0.2) is 16.2 Å². The van der Waals surface area contributed by atoms with Crippen LogP contribution in [0.15, 0.2) is 48.7 Å². The summed E-state index contributed by atoms with van der Waals surface area (Å²) in [6.45, 7) is 0. The molecule has 0 bridgehead atoms. The Morgan fingerprint density at radius 3 is 2.61 bits per heavy atom. The van der Waals surface area contributed by atoms with Crippen LogP contribution < -0.4 is 0 Å². The SMILES string of the molecule is OC(CCc1ccccc1F)Cc1ccccn1. The molecule has 1 atom stereocenters. The molecule has 1 N–H and O–H groups in total. The maximum Gasteiger partial charge on any atom is 0.126 e. The lowest BCUT2D eigenvalue weighted by Crippen LogP contribution is -2.12. The molecule has 1 aromatic heterocycles. The van der Waals surface area contributed by atoms with Crippen LogP contribution in [0.25, 0.3) is 0 Å². The van der Waals surface area contributed by atoms with Crippen molar-refractivity contribution in [2.24, 2.45) is 0 Å². The predicted octanol–water partition coefficient (Wildman–Crippen LogP) is 2.76. The van der Waals surface area contributed by atoms with Crippen molar-refractivity contribution < 1.29 is 9.50 Å². The Balaban J connectivity index is 1.86. The summed E-state index contributed by atoms with van der Waals surface area (Å²) in [5, 5.41) is 9.89. The van der Waals surface area contributed by atoms with E-state index in [1.165, 1.54) is 6.07 Å². The fourth-order valence-corrected chi connectivity index (χ4v) is 1.89. The number of hydrogen-bond donors (Lipinski definition) is 1. The van der Waals surface area contributed by atoms with Gasteiger partial charge in [0.2, 0.25) is 0 Å². The van der Waals surface area contributed by atoms with Gasteiger partial charge in [-0.05, 0) is 36.6 Å². The summed E-state index contributed by atoms with van der Waals surface area (Å²) in [7, 11) is 0. The molecule has 3 heteroatoms. The molecule has 1 aromatic carbocycles. The van der Waals surface area contributed by atoms with Gasteiger partial charge >= 0.3 is 0 Å². The molecule has 2 aromatic rings. The number of aryl methyl sites for hydroxylation is 1. The second-order valence-corrected chi connectivity index (χ2v) is 4.31. The zero-order valence-electron chi connectivity index (χ0n) is 10.1. The van der Waals surface area contributed by atoms with Crippen molar-refractivity contribution in [2.75, 3.05) is 0 Å². The van der Waals surface area contributed by atoms with Gasteiger partial charge in [-0.2, -0.15) is 0 Å². The first-order valence-corrected chi connectivity index (χ1v) is 6.07. The molecule has 0 saturated carbocycles. The lowest BCUT2D eigenvalue weighted by molar-refractivity contribution is 0.163. The van der Waals surface area contributed by atoms with Gasteiger partial charge in [0.15, 0.2) is 0 Å². The largest absolute Gasteiger partial charge is 0.393 e. The number of aliphatic hydroxyl groups is 1. The zero-order chi connectivity index (χ0) is 12.8. The normalized spacial score (nSPS) is 12.3. The summed E-state index contributed by atoms with van der Waals surface area (Å²) in [6.07, 6.45) is 2.81. The van der Waals surface area contributed by atoms with Crippen molar-refractivity contribution in [3.05, 3.63) is 65.7 Å². The molecule has 0 radical (unpaired) electrons. The third-order valence-electron chi connectivity index (χ3n) is 2.88. The Hall–Kier alpha value is -1.74. The quantitative estimate of drug-likeness (QED) is 0.878. The van der Waals surface area contributed by atoms with Crippen LogP contribution in [0.3, 0.4) is 0 Å². The van der Waals surface area contributed by atoms with Crippen LogP contribution >= 0.6 is 0 Å². The van der Waals surface area contributed by atoms with E-state index in [1.54, 1.807) is 18.3 Å². The first kappa shape index (κ1) is 12.7. The highest BCUT2D eigenvalue weighted by molar-refractivity contribution is 5.17. The number of nitrogens with zero attached hydrogens (tertiary/aromatic N) is 1. The van der Waals surface area contributed by atoms with Gasteiger partial charge in [0, 0.05) is 18.3 Å². The first-order valence-electron chi connectivity index (χ1n) is 6.07. The van der Waals surface area contributed by atoms with Gasteiger partial charge in [-0.25, -0.2) is 4.39 Å². The van der Waals surface area contributed by atoms with Crippen LogP contribution in [-0.2, 0) is 12.8 Å². The Kier molecular flexibility index (Phi) is 4.42. The molecule has 0 spiro atoms. The van der Waals surface area contributed by atoms with Crippen molar-refractivity contribution in [1.29, 1.82) is 0 Å². The molecule has 2 nitrogen and oxygen atoms in total. The molecule has 94 valence electrons. The Labute approximate surface area is 106 Å². The van der Waals surface area contributed by atoms with Crippen LogP contribution in [0.2, 0.25) is 0 Å². The Morgan fingerprint density at radius 2 is 1.89 bits per heavy atom. The lowest BCUT2D eigenvalue weighted by Gasteiger charge is -2.10. The molecule has 1 unspecified atom stereocenters. The molecule has 0 saturated heterocycles. The fraction of sp³-hybridized carbons (Fsp3) is 0.267. The second kappa shape index (κ2) is 6.26. The van der Waals surface area contributed by atoms with E-state index < -0.39 is 6.10 Å². The number of hydrogen-bond acceptors (Lipinski definition) is 2. The number of benzene rings is 1. The van der Waals surface area contributed by atoms with E-state index in [0.29, 0.717) is 24.8 Å². The molecule has 0 aliphatic heterocycles. The molecule has 0 amide bonds. The molecule has 0 fully saturated rings. The molecule has 18 heavy (non-hydrogen) atoms. The predicted molar refractivity (Wildman–Crippen MR) is 68.7 cm³/mol. The number of aliphatic hydroxyl groups excluding tert-OH is 1. The summed E-state index contributed by atoms with van der Waals surface area (Å²) in [4.78, 5) is 4.16. The first-order chi connectivity index (χ1) is 8.75. The molecule has 0 aliphatic carbocycles. The number of pyridine rings is 1. The van der Waals surface area contributed by atoms with Gasteiger partial charge in [0.25, 0.3) is 0 Å². The van der Waals surface area contributed by atoms with Gasteiger partial charge in [-0.3, -0.25) is 4.98 Å². The van der Waals surface area contributed by atoms with Crippen LogP contribution in [0.1, 0.15) is 17.7 Å². The minimum absolute atomic E-state index is 0.206. The number of aromatic nitrogens is 1. The van der Waals surface area contributed by atoms with Crippen molar-refractivity contribution in [3.8, 4) is 0 Å². The average Bonchev–Trinajstić information content (AvgIpc) is 2.39. The minimum atomic E-state index is -0.487. The Morgan fingerprint density at radius 1 is 1.11 bits per heavy atom. The van der Waals surface area contributed by atoms with E-state index >= 15 is 0 Å². The summed E-state index contributed by atoms with van der Waals surface area (Å²) < 4.78 is 13.4. The molecule has 1 heterocycles. The molecule has 0 aliphatic rings. The standard InChI is InChI=1S/C15H16FNO/c16-15-7-2-1-5-12(15)8-9-14(18)11-13-6-3-4-10-17-13/h1-7,10,14,18H,8-9,11H2. The van der Waals surface area contributed by atoms with E-state index in [4.69, 9.17) is 0 Å². The summed E-state index contributed by atoms with van der Waals surface area (Å²) in [5.74, 6) is -0.206. The van der Waals surface area contributed by atoms with E-state index in [-0.39, 0.29) is 5.82 Å². The summed E-state index contributed by atoms with van der Waals surface area (Å²) in [6, 6.07) is 12.3. The van der Waals surface area contributed by atoms with Crippen LogP contribution in [0.4, 0.5) is 4.39 Å². The Bertz CT molecular complexity index is 487. The van der Waals surface area contributed by atoms with Crippen molar-refractivity contribution in [1.82, 2.24) is 4.98 Å².